The van der Waals surface area contributed by atoms with Crippen LogP contribution in [0.1, 0.15) is 46.1 Å². The molecule has 1 aromatic heterocycles. The van der Waals surface area contributed by atoms with Crippen LogP contribution in [0.15, 0.2) is 60.8 Å². The first kappa shape index (κ1) is 17.9. The molecule has 1 atom stereocenters. The number of non-ortho nitro benzene ring substituents is 1. The first-order valence-corrected chi connectivity index (χ1v) is 9.25. The van der Waals surface area contributed by atoms with Crippen LogP contribution in [0.4, 0.5) is 5.69 Å². The summed E-state index contributed by atoms with van der Waals surface area (Å²) in [6, 6.07) is 15.7. The average molecular weight is 376 g/mol. The van der Waals surface area contributed by atoms with Crippen molar-refractivity contribution in [1.82, 2.24) is 15.1 Å². The van der Waals surface area contributed by atoms with Gasteiger partial charge in [0.05, 0.1) is 23.7 Å². The zero-order valence-electron chi connectivity index (χ0n) is 15.2. The van der Waals surface area contributed by atoms with E-state index in [1.54, 1.807) is 0 Å². The molecule has 0 saturated heterocycles. The highest BCUT2D eigenvalue weighted by molar-refractivity contribution is 5.94. The highest BCUT2D eigenvalue weighted by Crippen LogP contribution is 2.30. The van der Waals surface area contributed by atoms with Crippen molar-refractivity contribution in [3.8, 4) is 0 Å². The summed E-state index contributed by atoms with van der Waals surface area (Å²) in [4.78, 5) is 22.9. The number of hydrogen-bond donors (Lipinski definition) is 1. The largest absolute Gasteiger partial charge is 0.345 e. The molecule has 2 aromatic carbocycles. The van der Waals surface area contributed by atoms with Crippen LogP contribution < -0.4 is 5.32 Å². The van der Waals surface area contributed by atoms with Gasteiger partial charge < -0.3 is 5.32 Å². The van der Waals surface area contributed by atoms with Crippen molar-refractivity contribution in [3.63, 3.8) is 0 Å². The van der Waals surface area contributed by atoms with Crippen LogP contribution in [0.5, 0.6) is 0 Å². The molecule has 7 nitrogen and oxygen atoms in total. The Morgan fingerprint density at radius 1 is 1.18 bits per heavy atom. The minimum atomic E-state index is -0.476. The third-order valence-corrected chi connectivity index (χ3v) is 5.08. The maximum absolute atomic E-state index is 12.6. The number of benzene rings is 2. The van der Waals surface area contributed by atoms with E-state index in [-0.39, 0.29) is 17.6 Å². The predicted molar refractivity (Wildman–Crippen MR) is 104 cm³/mol. The smallest absolute Gasteiger partial charge is 0.269 e. The van der Waals surface area contributed by atoms with Gasteiger partial charge >= 0.3 is 0 Å². The molecule has 0 saturated carbocycles. The number of aromatic nitrogens is 2. The molecular weight excluding hydrogens is 356 g/mol. The van der Waals surface area contributed by atoms with Gasteiger partial charge in [-0.15, -0.1) is 0 Å². The van der Waals surface area contributed by atoms with E-state index in [0.29, 0.717) is 12.1 Å². The lowest BCUT2D eigenvalue weighted by Gasteiger charge is -2.24. The van der Waals surface area contributed by atoms with Crippen molar-refractivity contribution in [2.45, 2.75) is 31.8 Å². The topological polar surface area (TPSA) is 90.1 Å². The lowest BCUT2D eigenvalue weighted by atomic mass is 9.92. The Bertz CT molecular complexity index is 996. The number of nitro benzene ring substituents is 1. The Morgan fingerprint density at radius 3 is 2.64 bits per heavy atom. The van der Waals surface area contributed by atoms with Crippen molar-refractivity contribution >= 4 is 11.6 Å². The van der Waals surface area contributed by atoms with Gasteiger partial charge in [-0.3, -0.25) is 19.6 Å². The number of hydrogen-bond acceptors (Lipinski definition) is 4. The second-order valence-electron chi connectivity index (χ2n) is 6.91. The number of rotatable bonds is 5. The lowest BCUT2D eigenvalue weighted by molar-refractivity contribution is -0.384. The standard InChI is InChI=1S/C21H20N4O3/c26-21(16-9-11-17(12-10-16)25(27)28)23-19-7-4-8-20-18(19)13-22-24(20)14-15-5-2-1-3-6-15/h1-3,5-6,9-13,19H,4,7-8,14H2,(H,23,26). The van der Waals surface area contributed by atoms with Gasteiger partial charge in [-0.1, -0.05) is 30.3 Å². The van der Waals surface area contributed by atoms with Crippen LogP contribution in [-0.2, 0) is 13.0 Å². The monoisotopic (exact) mass is 376 g/mol. The zero-order valence-corrected chi connectivity index (χ0v) is 15.2. The fourth-order valence-electron chi connectivity index (χ4n) is 3.64. The van der Waals surface area contributed by atoms with Crippen LogP contribution in [0.3, 0.4) is 0 Å². The number of nitrogens with one attached hydrogen (secondary N) is 1. The van der Waals surface area contributed by atoms with E-state index in [1.807, 2.05) is 29.1 Å². The summed E-state index contributed by atoms with van der Waals surface area (Å²) in [6.07, 6.45) is 4.60. The molecule has 1 amide bonds. The number of nitrogens with zero attached hydrogens (tertiary/aromatic N) is 3. The molecule has 1 unspecified atom stereocenters. The van der Waals surface area contributed by atoms with E-state index < -0.39 is 4.92 Å². The molecule has 1 N–H and O–H groups in total. The highest BCUT2D eigenvalue weighted by Gasteiger charge is 2.26. The minimum Gasteiger partial charge on any atom is -0.345 e. The molecule has 7 heteroatoms. The van der Waals surface area contributed by atoms with Gasteiger partial charge in [0.15, 0.2) is 0 Å². The molecule has 0 fully saturated rings. The van der Waals surface area contributed by atoms with Crippen LogP contribution >= 0.6 is 0 Å². The highest BCUT2D eigenvalue weighted by atomic mass is 16.6. The molecule has 1 aliphatic carbocycles. The Hall–Kier alpha value is -3.48. The van der Waals surface area contributed by atoms with Gasteiger partial charge in [-0.25, -0.2) is 0 Å². The molecule has 142 valence electrons. The molecule has 1 heterocycles. The van der Waals surface area contributed by atoms with E-state index in [1.165, 1.54) is 29.8 Å². The van der Waals surface area contributed by atoms with Gasteiger partial charge in [0, 0.05) is 29.0 Å². The zero-order chi connectivity index (χ0) is 19.5. The van der Waals surface area contributed by atoms with Gasteiger partial charge in [0.25, 0.3) is 11.6 Å². The first-order valence-electron chi connectivity index (χ1n) is 9.25. The molecule has 3 aromatic rings. The first-order chi connectivity index (χ1) is 13.6. The second-order valence-corrected chi connectivity index (χ2v) is 6.91. The molecule has 0 radical (unpaired) electrons. The maximum Gasteiger partial charge on any atom is 0.269 e. The van der Waals surface area contributed by atoms with Gasteiger partial charge in [0.1, 0.15) is 0 Å². The van der Waals surface area contributed by atoms with Crippen LogP contribution in [0.2, 0.25) is 0 Å². The van der Waals surface area contributed by atoms with Crippen LogP contribution in [0.25, 0.3) is 0 Å². The normalized spacial score (nSPS) is 15.6. The SMILES string of the molecule is O=C(NC1CCCc2c1cnn2Cc1ccccc1)c1ccc([N+](=O)[O-])cc1. The third-order valence-electron chi connectivity index (χ3n) is 5.08. The Kier molecular flexibility index (Phi) is 4.89. The van der Waals surface area contributed by atoms with E-state index >= 15 is 0 Å². The summed E-state index contributed by atoms with van der Waals surface area (Å²) in [5.41, 5.74) is 3.78. The summed E-state index contributed by atoms with van der Waals surface area (Å²) < 4.78 is 2.01. The summed E-state index contributed by atoms with van der Waals surface area (Å²) in [5, 5.41) is 18.4. The number of carbonyl (C=O) groups excluding carboxylic acids is 1. The van der Waals surface area contributed by atoms with Gasteiger partial charge in [0.2, 0.25) is 0 Å². The van der Waals surface area contributed by atoms with Crippen molar-refractivity contribution in [1.29, 1.82) is 0 Å². The Balaban J connectivity index is 1.50. The van der Waals surface area contributed by atoms with E-state index in [9.17, 15) is 14.9 Å². The van der Waals surface area contributed by atoms with Crippen molar-refractivity contribution < 1.29 is 9.72 Å². The lowest BCUT2D eigenvalue weighted by Crippen LogP contribution is -2.31. The Morgan fingerprint density at radius 2 is 1.93 bits per heavy atom. The molecule has 0 spiro atoms. The minimum absolute atomic E-state index is 0.0290. The summed E-state index contributed by atoms with van der Waals surface area (Å²) in [5.74, 6) is -0.233. The summed E-state index contributed by atoms with van der Waals surface area (Å²) in [6.45, 7) is 0.708. The van der Waals surface area contributed by atoms with E-state index in [2.05, 4.69) is 22.5 Å². The van der Waals surface area contributed by atoms with Crippen LogP contribution in [-0.4, -0.2) is 20.6 Å². The second kappa shape index (κ2) is 7.64. The summed E-state index contributed by atoms with van der Waals surface area (Å²) >= 11 is 0. The molecule has 0 aliphatic heterocycles. The van der Waals surface area contributed by atoms with E-state index in [4.69, 9.17) is 0 Å². The predicted octanol–water partition coefficient (Wildman–Crippen LogP) is 3.65. The molecule has 4 rings (SSSR count). The van der Waals surface area contributed by atoms with Crippen molar-refractivity contribution in [2.75, 3.05) is 0 Å². The average Bonchev–Trinajstić information content (AvgIpc) is 3.13. The van der Waals surface area contributed by atoms with Crippen molar-refractivity contribution in [2.24, 2.45) is 0 Å². The van der Waals surface area contributed by atoms with Gasteiger partial charge in [-0.05, 0) is 37.0 Å². The molecule has 0 bridgehead atoms. The molecular formula is C21H20N4O3. The van der Waals surface area contributed by atoms with Crippen LogP contribution in [0, 0.1) is 10.1 Å². The van der Waals surface area contributed by atoms with Gasteiger partial charge in [-0.2, -0.15) is 5.10 Å². The third kappa shape index (κ3) is 3.64. The summed E-state index contributed by atoms with van der Waals surface area (Å²) in [7, 11) is 0. The molecule has 28 heavy (non-hydrogen) atoms. The van der Waals surface area contributed by atoms with E-state index in [0.717, 1.165) is 30.5 Å². The molecule has 1 aliphatic rings. The number of amides is 1. The number of carbonyl (C=O) groups is 1. The fourth-order valence-corrected chi connectivity index (χ4v) is 3.64. The quantitative estimate of drug-likeness (QED) is 0.544. The van der Waals surface area contributed by atoms with Crippen molar-refractivity contribution in [3.05, 3.63) is 93.3 Å². The maximum atomic E-state index is 12.6. The number of fused-ring (bicyclic) bond motifs is 1. The Labute approximate surface area is 162 Å². The fraction of sp³-hybridized carbons (Fsp3) is 0.238. The number of nitro groups is 1.